The Morgan fingerprint density at radius 2 is 1.83 bits per heavy atom. The molecule has 0 radical (unpaired) electrons. The second-order valence-corrected chi connectivity index (χ2v) is 6.98. The molecule has 1 heterocycles. The molecule has 9 heteroatoms. The van der Waals surface area contributed by atoms with Crippen LogP contribution in [0.1, 0.15) is 11.1 Å². The van der Waals surface area contributed by atoms with E-state index in [-0.39, 0.29) is 23.2 Å². The van der Waals surface area contributed by atoms with Crippen molar-refractivity contribution < 1.29 is 27.8 Å². The Labute approximate surface area is 170 Å². The number of thioether (sulfide) groups is 1. The number of aryl methyl sites for hydroxylation is 1. The number of halogens is 2. The third kappa shape index (κ3) is 5.05. The lowest BCUT2D eigenvalue weighted by Gasteiger charge is -2.14. The standard InChI is InChI=1S/C20H18F2N2O4S/c1-11-5-4-6-13(7-11)23-20-24-18(25)16(29-20)10-12-8-14(26-2)17(28-19(21)22)15(9-12)27-3/h4-10,19H,1-3H3,(H,23,24,25)/b16-10-. The zero-order chi connectivity index (χ0) is 21.0. The Balaban J connectivity index is 1.90. The number of methoxy groups -OCH3 is 2. The maximum absolute atomic E-state index is 12.7. The average molecular weight is 420 g/mol. The summed E-state index contributed by atoms with van der Waals surface area (Å²) in [5, 5.41) is 3.15. The normalized spacial score (nSPS) is 16.4. The fourth-order valence-electron chi connectivity index (χ4n) is 2.64. The van der Waals surface area contributed by atoms with E-state index in [1.54, 1.807) is 6.08 Å². The Bertz CT molecular complexity index is 967. The second kappa shape index (κ2) is 8.95. The van der Waals surface area contributed by atoms with Crippen molar-refractivity contribution in [1.29, 1.82) is 0 Å². The molecule has 1 N–H and O–H groups in total. The third-order valence-corrected chi connectivity index (χ3v) is 4.78. The molecule has 0 spiro atoms. The first-order valence-electron chi connectivity index (χ1n) is 8.46. The zero-order valence-electron chi connectivity index (χ0n) is 15.9. The van der Waals surface area contributed by atoms with Crippen LogP contribution in [-0.2, 0) is 4.79 Å². The van der Waals surface area contributed by atoms with Crippen LogP contribution in [0.25, 0.3) is 6.08 Å². The van der Waals surface area contributed by atoms with Gasteiger partial charge < -0.3 is 19.5 Å². The van der Waals surface area contributed by atoms with Crippen molar-refractivity contribution in [2.45, 2.75) is 13.5 Å². The van der Waals surface area contributed by atoms with Crippen molar-refractivity contribution >= 4 is 34.6 Å². The van der Waals surface area contributed by atoms with E-state index >= 15 is 0 Å². The molecule has 1 aliphatic rings. The average Bonchev–Trinajstić information content (AvgIpc) is 3.00. The number of aliphatic imine (C=N–C) groups is 1. The highest BCUT2D eigenvalue weighted by atomic mass is 32.2. The van der Waals surface area contributed by atoms with E-state index in [1.165, 1.54) is 38.1 Å². The summed E-state index contributed by atoms with van der Waals surface area (Å²) in [6, 6.07) is 10.5. The highest BCUT2D eigenvalue weighted by molar-refractivity contribution is 8.18. The summed E-state index contributed by atoms with van der Waals surface area (Å²) < 4.78 is 40.1. The van der Waals surface area contributed by atoms with Crippen molar-refractivity contribution in [3.05, 3.63) is 52.4 Å². The lowest BCUT2D eigenvalue weighted by molar-refractivity contribution is -0.115. The number of amides is 1. The van der Waals surface area contributed by atoms with Crippen LogP contribution < -0.4 is 19.5 Å². The van der Waals surface area contributed by atoms with E-state index in [0.717, 1.165) is 11.3 Å². The van der Waals surface area contributed by atoms with E-state index in [0.29, 0.717) is 15.6 Å². The number of benzene rings is 2. The van der Waals surface area contributed by atoms with Gasteiger partial charge in [0.25, 0.3) is 5.91 Å². The molecule has 3 rings (SSSR count). The molecule has 1 fully saturated rings. The Kier molecular flexibility index (Phi) is 6.38. The molecular weight excluding hydrogens is 402 g/mol. The molecule has 0 bridgehead atoms. The summed E-state index contributed by atoms with van der Waals surface area (Å²) in [5.41, 5.74) is 2.31. The van der Waals surface area contributed by atoms with Gasteiger partial charge in [-0.15, -0.1) is 0 Å². The largest absolute Gasteiger partial charge is 0.493 e. The smallest absolute Gasteiger partial charge is 0.387 e. The van der Waals surface area contributed by atoms with Crippen LogP contribution >= 0.6 is 11.8 Å². The molecule has 2 aromatic rings. The van der Waals surface area contributed by atoms with Crippen LogP contribution in [0.5, 0.6) is 17.2 Å². The molecule has 1 saturated heterocycles. The first-order valence-corrected chi connectivity index (χ1v) is 9.28. The van der Waals surface area contributed by atoms with Gasteiger partial charge in [0, 0.05) is 0 Å². The van der Waals surface area contributed by atoms with Gasteiger partial charge in [-0.2, -0.15) is 8.78 Å². The number of hydrogen-bond donors (Lipinski definition) is 1. The quantitative estimate of drug-likeness (QED) is 0.697. The Morgan fingerprint density at radius 3 is 2.41 bits per heavy atom. The van der Waals surface area contributed by atoms with Crippen molar-refractivity contribution in [2.24, 2.45) is 4.99 Å². The van der Waals surface area contributed by atoms with Crippen LogP contribution in [-0.4, -0.2) is 31.9 Å². The Hall–Kier alpha value is -3.07. The van der Waals surface area contributed by atoms with Gasteiger partial charge in [-0.1, -0.05) is 12.1 Å². The molecule has 152 valence electrons. The van der Waals surface area contributed by atoms with Crippen molar-refractivity contribution in [1.82, 2.24) is 5.32 Å². The van der Waals surface area contributed by atoms with Crippen LogP contribution in [0, 0.1) is 6.92 Å². The topological polar surface area (TPSA) is 69.2 Å². The van der Waals surface area contributed by atoms with Gasteiger partial charge in [-0.25, -0.2) is 4.99 Å². The first kappa shape index (κ1) is 20.7. The van der Waals surface area contributed by atoms with Gasteiger partial charge >= 0.3 is 6.61 Å². The number of amidine groups is 1. The zero-order valence-corrected chi connectivity index (χ0v) is 16.7. The first-order chi connectivity index (χ1) is 13.9. The van der Waals surface area contributed by atoms with Crippen LogP contribution in [0.4, 0.5) is 14.5 Å². The minimum absolute atomic E-state index is 0.0635. The third-order valence-electron chi connectivity index (χ3n) is 3.87. The molecule has 0 unspecified atom stereocenters. The highest BCUT2D eigenvalue weighted by Gasteiger charge is 2.25. The predicted octanol–water partition coefficient (Wildman–Crippen LogP) is 4.51. The SMILES string of the molecule is COc1cc(/C=C2\SC(=Nc3cccc(C)c3)NC2=O)cc(OC)c1OC(F)F. The van der Waals surface area contributed by atoms with Crippen molar-refractivity contribution in [2.75, 3.05) is 14.2 Å². The van der Waals surface area contributed by atoms with Gasteiger partial charge in [0.15, 0.2) is 16.7 Å². The summed E-state index contributed by atoms with van der Waals surface area (Å²) in [4.78, 5) is 17.1. The van der Waals surface area contributed by atoms with Gasteiger partial charge in [-0.3, -0.25) is 4.79 Å². The van der Waals surface area contributed by atoms with Crippen LogP contribution in [0.2, 0.25) is 0 Å². The molecular formula is C20H18F2N2O4S. The van der Waals surface area contributed by atoms with E-state index in [4.69, 9.17) is 9.47 Å². The number of alkyl halides is 2. The van der Waals surface area contributed by atoms with E-state index in [1.807, 2.05) is 31.2 Å². The molecule has 29 heavy (non-hydrogen) atoms. The van der Waals surface area contributed by atoms with Gasteiger partial charge in [0.2, 0.25) is 5.75 Å². The second-order valence-electron chi connectivity index (χ2n) is 5.95. The van der Waals surface area contributed by atoms with Crippen LogP contribution in [0.3, 0.4) is 0 Å². The molecule has 2 aromatic carbocycles. The lowest BCUT2D eigenvalue weighted by Crippen LogP contribution is -2.19. The summed E-state index contributed by atoms with van der Waals surface area (Å²) >= 11 is 1.17. The molecule has 0 aliphatic carbocycles. The molecule has 0 aromatic heterocycles. The number of nitrogens with zero attached hydrogens (tertiary/aromatic N) is 1. The number of rotatable bonds is 6. The molecule has 0 atom stereocenters. The number of carbonyl (C=O) groups is 1. The van der Waals surface area contributed by atoms with Gasteiger partial charge in [-0.05, 0) is 60.2 Å². The molecule has 1 aliphatic heterocycles. The van der Waals surface area contributed by atoms with E-state index < -0.39 is 6.61 Å². The molecule has 0 saturated carbocycles. The molecule has 1 amide bonds. The monoisotopic (exact) mass is 420 g/mol. The number of carbonyl (C=O) groups excluding carboxylic acids is 1. The predicted molar refractivity (Wildman–Crippen MR) is 108 cm³/mol. The fraction of sp³-hybridized carbons (Fsp3) is 0.200. The summed E-state index contributed by atoms with van der Waals surface area (Å²) in [6.07, 6.45) is 1.59. The summed E-state index contributed by atoms with van der Waals surface area (Å²) in [7, 11) is 2.65. The van der Waals surface area contributed by atoms with E-state index in [2.05, 4.69) is 15.0 Å². The summed E-state index contributed by atoms with van der Waals surface area (Å²) in [6.45, 7) is -1.07. The van der Waals surface area contributed by atoms with Crippen molar-refractivity contribution in [3.8, 4) is 17.2 Å². The Morgan fingerprint density at radius 1 is 1.14 bits per heavy atom. The highest BCUT2D eigenvalue weighted by Crippen LogP contribution is 2.40. The fourth-order valence-corrected chi connectivity index (χ4v) is 3.48. The maximum atomic E-state index is 12.7. The number of ether oxygens (including phenoxy) is 3. The molecule has 6 nitrogen and oxygen atoms in total. The summed E-state index contributed by atoms with van der Waals surface area (Å²) in [5.74, 6) is -0.397. The van der Waals surface area contributed by atoms with Gasteiger partial charge in [0.05, 0.1) is 24.8 Å². The number of hydrogen-bond acceptors (Lipinski definition) is 6. The lowest BCUT2D eigenvalue weighted by atomic mass is 10.1. The van der Waals surface area contributed by atoms with Crippen LogP contribution in [0.15, 0.2) is 46.3 Å². The maximum Gasteiger partial charge on any atom is 0.387 e. The number of nitrogens with one attached hydrogen (secondary N) is 1. The minimum Gasteiger partial charge on any atom is -0.493 e. The van der Waals surface area contributed by atoms with Crippen molar-refractivity contribution in [3.63, 3.8) is 0 Å². The minimum atomic E-state index is -3.03. The van der Waals surface area contributed by atoms with E-state index in [9.17, 15) is 13.6 Å². The van der Waals surface area contributed by atoms with Gasteiger partial charge in [0.1, 0.15) is 0 Å².